The van der Waals surface area contributed by atoms with E-state index in [1.54, 1.807) is 19.2 Å². The first kappa shape index (κ1) is 12.3. The van der Waals surface area contributed by atoms with Gasteiger partial charge in [-0.2, -0.15) is 0 Å². The Bertz CT molecular complexity index is 509. The predicted octanol–water partition coefficient (Wildman–Crippen LogP) is 2.43. The molecular weight excluding hydrogens is 228 g/mol. The van der Waals surface area contributed by atoms with E-state index in [0.717, 1.165) is 11.1 Å². The molecule has 0 aliphatic rings. The van der Waals surface area contributed by atoms with Crippen molar-refractivity contribution in [3.8, 4) is 11.1 Å². The van der Waals surface area contributed by atoms with Crippen molar-refractivity contribution >= 4 is 5.91 Å². The van der Waals surface area contributed by atoms with E-state index in [1.165, 1.54) is 0 Å². The quantitative estimate of drug-likeness (QED) is 0.838. The van der Waals surface area contributed by atoms with Gasteiger partial charge < -0.3 is 0 Å². The summed E-state index contributed by atoms with van der Waals surface area (Å²) in [7, 11) is 0. The number of nitrogens with zero attached hydrogens (tertiary/aromatic N) is 1. The average Bonchev–Trinajstić information content (AvgIpc) is 2.46. The van der Waals surface area contributed by atoms with Crippen molar-refractivity contribution in [2.45, 2.75) is 6.92 Å². The van der Waals surface area contributed by atoms with E-state index >= 15 is 0 Å². The topological polar surface area (TPSA) is 51.2 Å². The molecule has 92 valence electrons. The van der Waals surface area contributed by atoms with Crippen LogP contribution < -0.4 is 5.48 Å². The lowest BCUT2D eigenvalue weighted by Crippen LogP contribution is -2.24. The minimum Gasteiger partial charge on any atom is -0.274 e. The minimum absolute atomic E-state index is 0.336. The molecule has 1 N–H and O–H groups in total. The molecule has 0 spiro atoms. The van der Waals surface area contributed by atoms with Gasteiger partial charge in [-0.05, 0) is 18.6 Å². The lowest BCUT2D eigenvalue weighted by molar-refractivity contribution is 0.0360. The summed E-state index contributed by atoms with van der Waals surface area (Å²) in [6.07, 6.45) is 1.68. The third kappa shape index (κ3) is 2.93. The van der Waals surface area contributed by atoms with Crippen molar-refractivity contribution in [1.29, 1.82) is 0 Å². The molecule has 0 radical (unpaired) electrons. The number of aromatic nitrogens is 1. The van der Waals surface area contributed by atoms with Gasteiger partial charge >= 0.3 is 0 Å². The second kappa shape index (κ2) is 5.93. The fourth-order valence-corrected chi connectivity index (χ4v) is 1.52. The lowest BCUT2D eigenvalue weighted by Gasteiger charge is -2.04. The van der Waals surface area contributed by atoms with E-state index in [4.69, 9.17) is 4.84 Å². The number of hydrogen-bond donors (Lipinski definition) is 1. The highest BCUT2D eigenvalue weighted by molar-refractivity contribution is 5.91. The van der Waals surface area contributed by atoms with Crippen molar-refractivity contribution in [1.82, 2.24) is 10.5 Å². The third-order valence-corrected chi connectivity index (χ3v) is 2.41. The van der Waals surface area contributed by atoms with Gasteiger partial charge in [0.05, 0.1) is 6.61 Å². The fourth-order valence-electron chi connectivity index (χ4n) is 1.52. The molecule has 0 saturated carbocycles. The normalized spacial score (nSPS) is 10.1. The van der Waals surface area contributed by atoms with Crippen LogP contribution in [0.15, 0.2) is 48.7 Å². The molecule has 2 aromatic rings. The molecule has 0 bridgehead atoms. The highest BCUT2D eigenvalue weighted by atomic mass is 16.6. The van der Waals surface area contributed by atoms with Crippen molar-refractivity contribution in [2.75, 3.05) is 6.61 Å². The standard InChI is InChI=1S/C14H14N2O2/c1-2-18-16-14(17)13-9-8-12(10-15-13)11-6-4-3-5-7-11/h3-10H,2H2,1H3,(H,16,17). The summed E-state index contributed by atoms with van der Waals surface area (Å²) in [6, 6.07) is 13.4. The summed E-state index contributed by atoms with van der Waals surface area (Å²) in [5, 5.41) is 0. The smallest absolute Gasteiger partial charge is 0.274 e. The zero-order valence-electron chi connectivity index (χ0n) is 10.1. The van der Waals surface area contributed by atoms with Gasteiger partial charge in [-0.15, -0.1) is 0 Å². The van der Waals surface area contributed by atoms with Crippen LogP contribution >= 0.6 is 0 Å². The van der Waals surface area contributed by atoms with Crippen LogP contribution in [0, 0.1) is 0 Å². The molecular formula is C14H14N2O2. The molecule has 0 unspecified atom stereocenters. The van der Waals surface area contributed by atoms with Gasteiger partial charge in [-0.25, -0.2) is 5.48 Å². The third-order valence-electron chi connectivity index (χ3n) is 2.41. The molecule has 0 fully saturated rings. The first-order valence-electron chi connectivity index (χ1n) is 5.75. The number of hydroxylamine groups is 1. The van der Waals surface area contributed by atoms with Crippen molar-refractivity contribution in [2.24, 2.45) is 0 Å². The number of nitrogens with one attached hydrogen (secondary N) is 1. The van der Waals surface area contributed by atoms with Crippen LogP contribution in [0.25, 0.3) is 11.1 Å². The second-order valence-electron chi connectivity index (χ2n) is 3.66. The van der Waals surface area contributed by atoms with E-state index in [0.29, 0.717) is 12.3 Å². The maximum absolute atomic E-state index is 11.6. The van der Waals surface area contributed by atoms with Crippen molar-refractivity contribution in [3.63, 3.8) is 0 Å². The zero-order valence-corrected chi connectivity index (χ0v) is 10.1. The largest absolute Gasteiger partial charge is 0.293 e. The highest BCUT2D eigenvalue weighted by Gasteiger charge is 2.06. The van der Waals surface area contributed by atoms with E-state index in [1.807, 2.05) is 36.4 Å². The van der Waals surface area contributed by atoms with E-state index in [9.17, 15) is 4.79 Å². The van der Waals surface area contributed by atoms with Crippen LogP contribution in [-0.2, 0) is 4.84 Å². The number of benzene rings is 1. The van der Waals surface area contributed by atoms with Gasteiger partial charge in [0, 0.05) is 11.8 Å². The molecule has 2 rings (SSSR count). The van der Waals surface area contributed by atoms with Crippen molar-refractivity contribution in [3.05, 3.63) is 54.4 Å². The summed E-state index contributed by atoms with van der Waals surface area (Å²) >= 11 is 0. The summed E-state index contributed by atoms with van der Waals surface area (Å²) in [4.78, 5) is 20.5. The molecule has 18 heavy (non-hydrogen) atoms. The van der Waals surface area contributed by atoms with E-state index in [-0.39, 0.29) is 5.91 Å². The van der Waals surface area contributed by atoms with Crippen molar-refractivity contribution < 1.29 is 9.63 Å². The van der Waals surface area contributed by atoms with Crippen LogP contribution in [-0.4, -0.2) is 17.5 Å². The lowest BCUT2D eigenvalue weighted by atomic mass is 10.1. The summed E-state index contributed by atoms with van der Waals surface area (Å²) < 4.78 is 0. The number of rotatable bonds is 4. The SMILES string of the molecule is CCONC(=O)c1ccc(-c2ccccc2)cn1. The summed E-state index contributed by atoms with van der Waals surface area (Å²) in [6.45, 7) is 2.22. The Morgan fingerprint density at radius 1 is 1.17 bits per heavy atom. The molecule has 0 saturated heterocycles. The minimum atomic E-state index is -0.337. The summed E-state index contributed by atoms with van der Waals surface area (Å²) in [5.74, 6) is -0.337. The molecule has 0 aliphatic heterocycles. The Balaban J connectivity index is 2.13. The van der Waals surface area contributed by atoms with Crippen LogP contribution in [0.4, 0.5) is 0 Å². The fraction of sp³-hybridized carbons (Fsp3) is 0.143. The Morgan fingerprint density at radius 3 is 2.56 bits per heavy atom. The monoisotopic (exact) mass is 242 g/mol. The Hall–Kier alpha value is -2.20. The first-order chi connectivity index (χ1) is 8.81. The molecule has 1 aromatic heterocycles. The molecule has 0 aliphatic carbocycles. The van der Waals surface area contributed by atoms with Crippen LogP contribution in [0.1, 0.15) is 17.4 Å². The van der Waals surface area contributed by atoms with Gasteiger partial charge in [-0.1, -0.05) is 36.4 Å². The van der Waals surface area contributed by atoms with Crippen LogP contribution in [0.2, 0.25) is 0 Å². The predicted molar refractivity (Wildman–Crippen MR) is 68.8 cm³/mol. The zero-order chi connectivity index (χ0) is 12.8. The van der Waals surface area contributed by atoms with E-state index in [2.05, 4.69) is 10.5 Å². The maximum atomic E-state index is 11.6. The number of carbonyl (C=O) groups excluding carboxylic acids is 1. The molecule has 1 amide bonds. The first-order valence-corrected chi connectivity index (χ1v) is 5.75. The van der Waals surface area contributed by atoms with Gasteiger partial charge in [-0.3, -0.25) is 14.6 Å². The van der Waals surface area contributed by atoms with Crippen LogP contribution in [0.5, 0.6) is 0 Å². The van der Waals surface area contributed by atoms with Gasteiger partial charge in [0.1, 0.15) is 5.69 Å². The number of amides is 1. The number of carbonyl (C=O) groups is 1. The second-order valence-corrected chi connectivity index (χ2v) is 3.66. The van der Waals surface area contributed by atoms with Gasteiger partial charge in [0.15, 0.2) is 0 Å². The Kier molecular flexibility index (Phi) is 4.04. The molecule has 1 aromatic carbocycles. The number of hydrogen-bond acceptors (Lipinski definition) is 3. The van der Waals surface area contributed by atoms with E-state index < -0.39 is 0 Å². The van der Waals surface area contributed by atoms with Gasteiger partial charge in [0.25, 0.3) is 5.91 Å². The summed E-state index contributed by atoms with van der Waals surface area (Å²) in [5.41, 5.74) is 4.69. The molecule has 4 nitrogen and oxygen atoms in total. The Labute approximate surface area is 106 Å². The Morgan fingerprint density at radius 2 is 1.94 bits per heavy atom. The highest BCUT2D eigenvalue weighted by Crippen LogP contribution is 2.17. The van der Waals surface area contributed by atoms with Gasteiger partial charge in [0.2, 0.25) is 0 Å². The molecule has 0 atom stereocenters. The molecule has 4 heteroatoms. The van der Waals surface area contributed by atoms with Crippen LogP contribution in [0.3, 0.4) is 0 Å². The number of pyridine rings is 1. The maximum Gasteiger partial charge on any atom is 0.293 e. The molecule has 1 heterocycles. The average molecular weight is 242 g/mol.